The standard InChI is InChI=1S/C6H11NO2/c1-6(2)3-7-4(6)5(8)9/h4,7H,3H2,1-2H3,(H,8,9)/t4-/m1/s1. The van der Waals surface area contributed by atoms with E-state index in [1.54, 1.807) is 0 Å². The Labute approximate surface area is 54.1 Å². The van der Waals surface area contributed by atoms with Gasteiger partial charge in [-0.3, -0.25) is 4.79 Å². The lowest BCUT2D eigenvalue weighted by Crippen LogP contribution is -2.63. The summed E-state index contributed by atoms with van der Waals surface area (Å²) in [6.07, 6.45) is 0. The number of carboxylic acid groups (broad SMARTS) is 1. The number of carbonyl (C=O) groups is 1. The number of hydrogen-bond donors (Lipinski definition) is 2. The summed E-state index contributed by atoms with van der Waals surface area (Å²) in [4.78, 5) is 10.3. The fourth-order valence-corrected chi connectivity index (χ4v) is 1.03. The molecule has 0 aliphatic carbocycles. The maximum atomic E-state index is 10.3. The maximum absolute atomic E-state index is 10.3. The highest BCUT2D eigenvalue weighted by Gasteiger charge is 2.42. The first kappa shape index (κ1) is 6.55. The first-order chi connectivity index (χ1) is 4.04. The second-order valence-electron chi connectivity index (χ2n) is 3.14. The number of nitrogens with one attached hydrogen (secondary N) is 1. The van der Waals surface area contributed by atoms with Gasteiger partial charge < -0.3 is 10.4 Å². The molecule has 1 saturated heterocycles. The Balaban J connectivity index is 2.55. The molecule has 0 radical (unpaired) electrons. The van der Waals surface area contributed by atoms with Gasteiger partial charge in [-0.25, -0.2) is 0 Å². The molecule has 0 bridgehead atoms. The van der Waals surface area contributed by atoms with Crippen LogP contribution in [0.3, 0.4) is 0 Å². The van der Waals surface area contributed by atoms with Crippen molar-refractivity contribution in [3.05, 3.63) is 0 Å². The minimum atomic E-state index is -0.744. The van der Waals surface area contributed by atoms with Crippen molar-refractivity contribution in [2.75, 3.05) is 6.54 Å². The van der Waals surface area contributed by atoms with Crippen LogP contribution in [0, 0.1) is 5.41 Å². The summed E-state index contributed by atoms with van der Waals surface area (Å²) in [6.45, 7) is 4.70. The molecule has 0 amide bonds. The second kappa shape index (κ2) is 1.70. The van der Waals surface area contributed by atoms with Crippen molar-refractivity contribution in [1.29, 1.82) is 0 Å². The molecular weight excluding hydrogens is 118 g/mol. The molecule has 3 nitrogen and oxygen atoms in total. The van der Waals surface area contributed by atoms with Crippen LogP contribution >= 0.6 is 0 Å². The molecule has 9 heavy (non-hydrogen) atoms. The van der Waals surface area contributed by atoms with Crippen LogP contribution in [-0.4, -0.2) is 23.7 Å². The summed E-state index contributed by atoms with van der Waals surface area (Å²) in [5.41, 5.74) is -0.0498. The lowest BCUT2D eigenvalue weighted by atomic mass is 9.77. The molecule has 1 aliphatic rings. The number of aliphatic carboxylic acids is 1. The number of rotatable bonds is 1. The van der Waals surface area contributed by atoms with Crippen LogP contribution in [0.5, 0.6) is 0 Å². The second-order valence-corrected chi connectivity index (χ2v) is 3.14. The Morgan fingerprint density at radius 1 is 1.78 bits per heavy atom. The molecule has 0 aromatic heterocycles. The highest BCUT2D eigenvalue weighted by atomic mass is 16.4. The molecule has 1 atom stereocenters. The largest absolute Gasteiger partial charge is 0.480 e. The molecule has 52 valence electrons. The molecule has 0 aromatic rings. The third-order valence-electron chi connectivity index (χ3n) is 1.79. The summed E-state index contributed by atoms with van der Waals surface area (Å²) in [7, 11) is 0. The first-order valence-corrected chi connectivity index (χ1v) is 3.00. The minimum Gasteiger partial charge on any atom is -0.480 e. The van der Waals surface area contributed by atoms with Crippen LogP contribution in [-0.2, 0) is 4.79 Å². The molecule has 0 aromatic carbocycles. The van der Waals surface area contributed by atoms with Crippen LogP contribution in [0.4, 0.5) is 0 Å². The van der Waals surface area contributed by atoms with Crippen molar-refractivity contribution in [2.24, 2.45) is 5.41 Å². The Kier molecular flexibility index (Phi) is 1.24. The van der Waals surface area contributed by atoms with E-state index in [2.05, 4.69) is 5.32 Å². The summed E-state index contributed by atoms with van der Waals surface area (Å²) >= 11 is 0. The van der Waals surface area contributed by atoms with Crippen molar-refractivity contribution >= 4 is 5.97 Å². The van der Waals surface area contributed by atoms with Gasteiger partial charge in [-0.2, -0.15) is 0 Å². The van der Waals surface area contributed by atoms with Crippen molar-refractivity contribution in [1.82, 2.24) is 5.32 Å². The van der Waals surface area contributed by atoms with Crippen LogP contribution in [0.1, 0.15) is 13.8 Å². The highest BCUT2D eigenvalue weighted by Crippen LogP contribution is 2.27. The Hall–Kier alpha value is -0.570. The normalized spacial score (nSPS) is 31.1. The van der Waals surface area contributed by atoms with Gasteiger partial charge >= 0.3 is 5.97 Å². The summed E-state index contributed by atoms with van der Waals surface area (Å²) in [5.74, 6) is -0.744. The zero-order valence-electron chi connectivity index (χ0n) is 5.64. The van der Waals surface area contributed by atoms with Crippen molar-refractivity contribution in [3.63, 3.8) is 0 Å². The topological polar surface area (TPSA) is 49.3 Å². The van der Waals surface area contributed by atoms with Crippen LogP contribution < -0.4 is 5.32 Å². The molecule has 1 heterocycles. The summed E-state index contributed by atoms with van der Waals surface area (Å²) in [5, 5.41) is 11.3. The van der Waals surface area contributed by atoms with Crippen LogP contribution in [0.15, 0.2) is 0 Å². The fourth-order valence-electron chi connectivity index (χ4n) is 1.03. The van der Waals surface area contributed by atoms with Crippen molar-refractivity contribution < 1.29 is 9.90 Å². The smallest absolute Gasteiger partial charge is 0.321 e. The summed E-state index contributed by atoms with van der Waals surface area (Å²) < 4.78 is 0. The molecule has 3 heteroatoms. The molecule has 2 N–H and O–H groups in total. The van der Waals surface area contributed by atoms with E-state index < -0.39 is 5.97 Å². The third-order valence-corrected chi connectivity index (χ3v) is 1.79. The minimum absolute atomic E-state index is 0.0498. The predicted molar refractivity (Wildman–Crippen MR) is 33.2 cm³/mol. The van der Waals surface area contributed by atoms with Crippen molar-refractivity contribution in [2.45, 2.75) is 19.9 Å². The predicted octanol–water partition coefficient (Wildman–Crippen LogP) is 0.0690. The molecule has 0 spiro atoms. The molecule has 1 fully saturated rings. The highest BCUT2D eigenvalue weighted by molar-refractivity contribution is 5.75. The van der Waals surface area contributed by atoms with E-state index in [-0.39, 0.29) is 11.5 Å². The fraction of sp³-hybridized carbons (Fsp3) is 0.833. The number of hydrogen-bond acceptors (Lipinski definition) is 2. The van der Waals surface area contributed by atoms with E-state index in [9.17, 15) is 4.79 Å². The van der Waals surface area contributed by atoms with Crippen molar-refractivity contribution in [3.8, 4) is 0 Å². The van der Waals surface area contributed by atoms with Gasteiger partial charge in [-0.05, 0) is 0 Å². The van der Waals surface area contributed by atoms with E-state index in [0.29, 0.717) is 0 Å². The number of carboxylic acids is 1. The SMILES string of the molecule is CC1(C)CN[C@@H]1C(=O)O. The molecule has 0 saturated carbocycles. The van der Waals surface area contributed by atoms with Gasteiger partial charge in [0.2, 0.25) is 0 Å². The Morgan fingerprint density at radius 2 is 2.33 bits per heavy atom. The van der Waals surface area contributed by atoms with Crippen LogP contribution in [0.25, 0.3) is 0 Å². The van der Waals surface area contributed by atoms with E-state index in [1.807, 2.05) is 13.8 Å². The van der Waals surface area contributed by atoms with Gasteiger partial charge in [0.1, 0.15) is 6.04 Å². The molecule has 1 rings (SSSR count). The average Bonchev–Trinajstić information content (AvgIpc) is 1.62. The molecular formula is C6H11NO2. The zero-order valence-corrected chi connectivity index (χ0v) is 5.64. The third kappa shape index (κ3) is 0.920. The lowest BCUT2D eigenvalue weighted by molar-refractivity contribution is -0.146. The van der Waals surface area contributed by atoms with E-state index in [4.69, 9.17) is 5.11 Å². The van der Waals surface area contributed by atoms with E-state index >= 15 is 0 Å². The quantitative estimate of drug-likeness (QED) is 0.526. The zero-order chi connectivity index (χ0) is 7.07. The average molecular weight is 129 g/mol. The van der Waals surface area contributed by atoms with Gasteiger partial charge in [0.25, 0.3) is 0 Å². The summed E-state index contributed by atoms with van der Waals surface area (Å²) in [6, 6.07) is -0.336. The Morgan fingerprint density at radius 3 is 2.33 bits per heavy atom. The van der Waals surface area contributed by atoms with Gasteiger partial charge in [0, 0.05) is 12.0 Å². The monoisotopic (exact) mass is 129 g/mol. The maximum Gasteiger partial charge on any atom is 0.321 e. The molecule has 1 aliphatic heterocycles. The van der Waals surface area contributed by atoms with Gasteiger partial charge in [0.05, 0.1) is 0 Å². The molecule has 0 unspecified atom stereocenters. The Bertz CT molecular complexity index is 142. The van der Waals surface area contributed by atoms with E-state index in [0.717, 1.165) is 6.54 Å². The van der Waals surface area contributed by atoms with Crippen LogP contribution in [0.2, 0.25) is 0 Å². The van der Waals surface area contributed by atoms with E-state index in [1.165, 1.54) is 0 Å². The first-order valence-electron chi connectivity index (χ1n) is 3.00. The lowest BCUT2D eigenvalue weighted by Gasteiger charge is -2.42. The van der Waals surface area contributed by atoms with Gasteiger partial charge in [0.15, 0.2) is 0 Å². The van der Waals surface area contributed by atoms with Gasteiger partial charge in [-0.15, -0.1) is 0 Å². The van der Waals surface area contributed by atoms with Gasteiger partial charge in [-0.1, -0.05) is 13.8 Å².